The molecule has 0 aliphatic rings. The normalized spacial score (nSPS) is 12.8. The molecule has 0 saturated carbocycles. The molecule has 0 spiro atoms. The lowest BCUT2D eigenvalue weighted by Crippen LogP contribution is -2.30. The monoisotopic (exact) mass is 236 g/mol. The lowest BCUT2D eigenvalue weighted by molar-refractivity contribution is 0.185. The number of benzene rings is 1. The van der Waals surface area contributed by atoms with E-state index in [-0.39, 0.29) is 6.04 Å². The molecule has 0 amide bonds. The molecule has 0 fully saturated rings. The molecule has 1 atom stereocenters. The molecule has 1 rings (SSSR count). The van der Waals surface area contributed by atoms with Crippen LogP contribution < -0.4 is 11.1 Å². The minimum absolute atomic E-state index is 0.216. The molecule has 96 valence electrons. The average Bonchev–Trinajstić information content (AvgIpc) is 2.28. The Hall–Kier alpha value is -1.06. The van der Waals surface area contributed by atoms with Crippen LogP contribution in [0.2, 0.25) is 0 Å². The summed E-state index contributed by atoms with van der Waals surface area (Å²) in [7, 11) is 1.71. The van der Waals surface area contributed by atoms with Crippen molar-refractivity contribution in [1.29, 1.82) is 0 Å². The first-order valence-electron chi connectivity index (χ1n) is 6.19. The van der Waals surface area contributed by atoms with E-state index in [2.05, 4.69) is 43.4 Å². The van der Waals surface area contributed by atoms with Crippen LogP contribution in [0.3, 0.4) is 0 Å². The van der Waals surface area contributed by atoms with Crippen molar-refractivity contribution in [3.05, 3.63) is 29.8 Å². The van der Waals surface area contributed by atoms with Gasteiger partial charge in [-0.2, -0.15) is 0 Å². The van der Waals surface area contributed by atoms with Crippen LogP contribution in [0.15, 0.2) is 24.3 Å². The molecule has 3 nitrogen and oxygen atoms in total. The van der Waals surface area contributed by atoms with E-state index in [1.54, 1.807) is 7.11 Å². The Morgan fingerprint density at radius 3 is 2.41 bits per heavy atom. The van der Waals surface area contributed by atoms with Crippen molar-refractivity contribution in [1.82, 2.24) is 0 Å². The number of nitrogens with two attached hydrogens (primary N) is 1. The van der Waals surface area contributed by atoms with Crippen LogP contribution in [0, 0.1) is 5.92 Å². The summed E-state index contributed by atoms with van der Waals surface area (Å²) in [5.74, 6) is 0.649. The van der Waals surface area contributed by atoms with E-state index >= 15 is 0 Å². The molecule has 3 heteroatoms. The van der Waals surface area contributed by atoms with Gasteiger partial charge in [0.2, 0.25) is 0 Å². The van der Waals surface area contributed by atoms with Crippen molar-refractivity contribution in [2.24, 2.45) is 11.7 Å². The minimum atomic E-state index is 0.216. The van der Waals surface area contributed by atoms with Crippen LogP contribution in [0.1, 0.15) is 25.8 Å². The predicted molar refractivity (Wildman–Crippen MR) is 73.1 cm³/mol. The number of hydrogen-bond acceptors (Lipinski definition) is 3. The van der Waals surface area contributed by atoms with Crippen molar-refractivity contribution < 1.29 is 4.74 Å². The molecule has 17 heavy (non-hydrogen) atoms. The maximum atomic E-state index is 6.02. The highest BCUT2D eigenvalue weighted by Gasteiger charge is 2.04. The predicted octanol–water partition coefficient (Wildman–Crippen LogP) is 2.62. The Bertz CT molecular complexity index is 309. The third-order valence-electron chi connectivity index (χ3n) is 2.61. The standard InChI is InChI=1S/C14H24N2O/c1-11(2)8-13(15)9-16-14-6-4-12(5-7-14)10-17-3/h4-7,11,13,16H,8-10,15H2,1-3H3. The van der Waals surface area contributed by atoms with Gasteiger partial charge in [-0.05, 0) is 30.0 Å². The van der Waals surface area contributed by atoms with Crippen LogP contribution in [0.4, 0.5) is 5.69 Å². The molecule has 1 aromatic carbocycles. The van der Waals surface area contributed by atoms with Gasteiger partial charge in [0.05, 0.1) is 6.61 Å². The van der Waals surface area contributed by atoms with Gasteiger partial charge in [-0.15, -0.1) is 0 Å². The molecule has 0 bridgehead atoms. The van der Waals surface area contributed by atoms with Gasteiger partial charge in [0, 0.05) is 25.4 Å². The van der Waals surface area contributed by atoms with Gasteiger partial charge < -0.3 is 15.8 Å². The van der Waals surface area contributed by atoms with E-state index in [1.165, 1.54) is 5.56 Å². The van der Waals surface area contributed by atoms with Crippen LogP contribution in [-0.4, -0.2) is 19.7 Å². The zero-order valence-electron chi connectivity index (χ0n) is 11.1. The Labute approximate surface area is 104 Å². The summed E-state index contributed by atoms with van der Waals surface area (Å²) in [4.78, 5) is 0. The average molecular weight is 236 g/mol. The van der Waals surface area contributed by atoms with Crippen LogP contribution in [0.25, 0.3) is 0 Å². The second-order valence-electron chi connectivity index (χ2n) is 4.90. The molecule has 0 heterocycles. The zero-order chi connectivity index (χ0) is 12.7. The second-order valence-corrected chi connectivity index (χ2v) is 4.90. The van der Waals surface area contributed by atoms with Crippen molar-refractivity contribution >= 4 is 5.69 Å². The SMILES string of the molecule is COCc1ccc(NCC(N)CC(C)C)cc1. The van der Waals surface area contributed by atoms with Crippen LogP contribution >= 0.6 is 0 Å². The number of ether oxygens (including phenoxy) is 1. The molecule has 1 aromatic rings. The van der Waals surface area contributed by atoms with Gasteiger partial charge in [-0.1, -0.05) is 26.0 Å². The van der Waals surface area contributed by atoms with Gasteiger partial charge in [0.25, 0.3) is 0 Å². The van der Waals surface area contributed by atoms with E-state index in [9.17, 15) is 0 Å². The van der Waals surface area contributed by atoms with Crippen molar-refractivity contribution in [3.8, 4) is 0 Å². The molecule has 0 saturated heterocycles. The Morgan fingerprint density at radius 2 is 1.88 bits per heavy atom. The highest BCUT2D eigenvalue weighted by Crippen LogP contribution is 2.11. The lowest BCUT2D eigenvalue weighted by atomic mass is 10.0. The van der Waals surface area contributed by atoms with Crippen molar-refractivity contribution in [2.45, 2.75) is 32.9 Å². The molecule has 0 aromatic heterocycles. The number of nitrogens with one attached hydrogen (secondary N) is 1. The van der Waals surface area contributed by atoms with Gasteiger partial charge in [0.1, 0.15) is 0 Å². The highest BCUT2D eigenvalue weighted by atomic mass is 16.5. The molecule has 0 aliphatic heterocycles. The van der Waals surface area contributed by atoms with E-state index in [4.69, 9.17) is 10.5 Å². The lowest BCUT2D eigenvalue weighted by Gasteiger charge is -2.15. The van der Waals surface area contributed by atoms with E-state index in [0.29, 0.717) is 12.5 Å². The molecule has 0 aliphatic carbocycles. The second kappa shape index (κ2) is 7.30. The minimum Gasteiger partial charge on any atom is -0.383 e. The number of methoxy groups -OCH3 is 1. The smallest absolute Gasteiger partial charge is 0.0713 e. The van der Waals surface area contributed by atoms with E-state index < -0.39 is 0 Å². The fraction of sp³-hybridized carbons (Fsp3) is 0.571. The third kappa shape index (κ3) is 5.71. The molecular weight excluding hydrogens is 212 g/mol. The first-order valence-corrected chi connectivity index (χ1v) is 6.19. The summed E-state index contributed by atoms with van der Waals surface area (Å²) >= 11 is 0. The first-order chi connectivity index (χ1) is 8.11. The summed E-state index contributed by atoms with van der Waals surface area (Å²) in [5, 5.41) is 3.35. The zero-order valence-corrected chi connectivity index (χ0v) is 11.1. The number of anilines is 1. The molecular formula is C14H24N2O. The van der Waals surface area contributed by atoms with Crippen LogP contribution in [-0.2, 0) is 11.3 Å². The Morgan fingerprint density at radius 1 is 1.24 bits per heavy atom. The van der Waals surface area contributed by atoms with Crippen molar-refractivity contribution in [2.75, 3.05) is 19.0 Å². The largest absolute Gasteiger partial charge is 0.383 e. The topological polar surface area (TPSA) is 47.3 Å². The summed E-state index contributed by atoms with van der Waals surface area (Å²) < 4.78 is 5.07. The maximum absolute atomic E-state index is 6.02. The number of hydrogen-bond donors (Lipinski definition) is 2. The van der Waals surface area contributed by atoms with Crippen LogP contribution in [0.5, 0.6) is 0 Å². The summed E-state index contributed by atoms with van der Waals surface area (Å²) in [6, 6.07) is 8.49. The fourth-order valence-corrected chi connectivity index (χ4v) is 1.82. The van der Waals surface area contributed by atoms with Gasteiger partial charge >= 0.3 is 0 Å². The fourth-order valence-electron chi connectivity index (χ4n) is 1.82. The molecule has 0 radical (unpaired) electrons. The van der Waals surface area contributed by atoms with Gasteiger partial charge in [-0.3, -0.25) is 0 Å². The summed E-state index contributed by atoms with van der Waals surface area (Å²) in [6.07, 6.45) is 1.05. The Kier molecular flexibility index (Phi) is 6.01. The van der Waals surface area contributed by atoms with Gasteiger partial charge in [0.15, 0.2) is 0 Å². The highest BCUT2D eigenvalue weighted by molar-refractivity contribution is 5.44. The summed E-state index contributed by atoms with van der Waals surface area (Å²) in [5.41, 5.74) is 8.32. The van der Waals surface area contributed by atoms with Gasteiger partial charge in [-0.25, -0.2) is 0 Å². The van der Waals surface area contributed by atoms with E-state index in [0.717, 1.165) is 18.7 Å². The summed E-state index contributed by atoms with van der Waals surface area (Å²) in [6.45, 7) is 5.87. The molecule has 3 N–H and O–H groups in total. The van der Waals surface area contributed by atoms with Crippen molar-refractivity contribution in [3.63, 3.8) is 0 Å². The third-order valence-corrected chi connectivity index (χ3v) is 2.61. The van der Waals surface area contributed by atoms with E-state index in [1.807, 2.05) is 0 Å². The molecule has 1 unspecified atom stereocenters. The maximum Gasteiger partial charge on any atom is 0.0713 e. The first kappa shape index (κ1) is 14.0. The quantitative estimate of drug-likeness (QED) is 0.765. The number of rotatable bonds is 7. The Balaban J connectivity index is 2.36.